The van der Waals surface area contributed by atoms with Crippen LogP contribution >= 0.6 is 0 Å². The molecule has 0 aromatic carbocycles. The number of likely N-dealkylation sites (N-methyl/N-ethyl adjacent to an activating group) is 1. The molecule has 1 aliphatic carbocycles. The van der Waals surface area contributed by atoms with Crippen molar-refractivity contribution in [1.29, 1.82) is 0 Å². The van der Waals surface area contributed by atoms with E-state index in [1.54, 1.807) is 21.0 Å². The van der Waals surface area contributed by atoms with E-state index >= 15 is 0 Å². The van der Waals surface area contributed by atoms with Gasteiger partial charge in [-0.05, 0) is 37.5 Å². The summed E-state index contributed by atoms with van der Waals surface area (Å²) in [6, 6.07) is -0.0827. The van der Waals surface area contributed by atoms with Gasteiger partial charge in [-0.3, -0.25) is 9.59 Å². The first kappa shape index (κ1) is 18.0. The van der Waals surface area contributed by atoms with Crippen LogP contribution in [0.2, 0.25) is 0 Å². The van der Waals surface area contributed by atoms with E-state index in [1.165, 1.54) is 17.7 Å². The van der Waals surface area contributed by atoms with Gasteiger partial charge in [0, 0.05) is 20.1 Å². The summed E-state index contributed by atoms with van der Waals surface area (Å²) in [7, 11) is 3.38. The van der Waals surface area contributed by atoms with Crippen LogP contribution in [0.3, 0.4) is 0 Å². The zero-order valence-electron chi connectivity index (χ0n) is 14.3. The molecule has 1 rings (SSSR count). The van der Waals surface area contributed by atoms with Gasteiger partial charge in [-0.2, -0.15) is 0 Å². The molecule has 0 saturated heterocycles. The second kappa shape index (κ2) is 7.25. The number of rotatable bonds is 5. The molecule has 0 unspecified atom stereocenters. The maximum atomic E-state index is 11.9. The topological polar surface area (TPSA) is 61.4 Å². The van der Waals surface area contributed by atoms with Crippen molar-refractivity contribution < 1.29 is 9.59 Å². The summed E-state index contributed by atoms with van der Waals surface area (Å²) in [4.78, 5) is 25.1. The second-order valence-electron chi connectivity index (χ2n) is 7.39. The summed E-state index contributed by atoms with van der Waals surface area (Å²) < 4.78 is 0. The Morgan fingerprint density at radius 2 is 1.95 bits per heavy atom. The molecular weight excluding hydrogens is 266 g/mol. The molecule has 3 atom stereocenters. The third-order valence-electron chi connectivity index (χ3n) is 4.41. The summed E-state index contributed by atoms with van der Waals surface area (Å²) in [5.41, 5.74) is 0.409. The fourth-order valence-corrected chi connectivity index (χ4v) is 3.22. The molecule has 0 spiro atoms. The Hall–Kier alpha value is -1.10. The van der Waals surface area contributed by atoms with E-state index < -0.39 is 6.04 Å². The molecule has 1 fully saturated rings. The molecule has 5 nitrogen and oxygen atoms in total. The molecular formula is C16H31N3O2. The average Bonchev–Trinajstić information content (AvgIpc) is 2.35. The van der Waals surface area contributed by atoms with Gasteiger partial charge in [0.25, 0.3) is 0 Å². The van der Waals surface area contributed by atoms with E-state index in [0.29, 0.717) is 17.4 Å². The van der Waals surface area contributed by atoms with Gasteiger partial charge in [0.1, 0.15) is 6.04 Å². The lowest BCUT2D eigenvalue weighted by Gasteiger charge is -2.39. The van der Waals surface area contributed by atoms with Crippen LogP contribution in [0, 0.1) is 11.3 Å². The van der Waals surface area contributed by atoms with Gasteiger partial charge in [-0.25, -0.2) is 0 Å². The summed E-state index contributed by atoms with van der Waals surface area (Å²) in [5.74, 6) is 0.369. The van der Waals surface area contributed by atoms with Gasteiger partial charge >= 0.3 is 0 Å². The third-order valence-corrected chi connectivity index (χ3v) is 4.41. The Labute approximate surface area is 128 Å². The SMILES string of the molecule is C[C@H](NC(=O)CN[C@H]1CCC(C)(C)C[C@H]1C)C(=O)N(C)C. The van der Waals surface area contributed by atoms with Crippen molar-refractivity contribution in [2.24, 2.45) is 11.3 Å². The van der Waals surface area contributed by atoms with Crippen LogP contribution in [0.25, 0.3) is 0 Å². The molecule has 0 radical (unpaired) electrons. The molecule has 21 heavy (non-hydrogen) atoms. The highest BCUT2D eigenvalue weighted by atomic mass is 16.2. The molecule has 0 heterocycles. The Morgan fingerprint density at radius 3 is 2.48 bits per heavy atom. The fraction of sp³-hybridized carbons (Fsp3) is 0.875. The lowest BCUT2D eigenvalue weighted by atomic mass is 9.70. The number of amides is 2. The van der Waals surface area contributed by atoms with Gasteiger partial charge < -0.3 is 15.5 Å². The van der Waals surface area contributed by atoms with Gasteiger partial charge in [0.05, 0.1) is 6.54 Å². The van der Waals surface area contributed by atoms with Crippen LogP contribution in [0.5, 0.6) is 0 Å². The zero-order valence-corrected chi connectivity index (χ0v) is 14.3. The van der Waals surface area contributed by atoms with E-state index in [2.05, 4.69) is 31.4 Å². The molecule has 1 saturated carbocycles. The van der Waals surface area contributed by atoms with Crippen molar-refractivity contribution in [3.63, 3.8) is 0 Å². The third kappa shape index (κ3) is 5.65. The minimum absolute atomic E-state index is 0.0869. The van der Waals surface area contributed by atoms with Crippen molar-refractivity contribution in [1.82, 2.24) is 15.5 Å². The molecule has 0 aromatic rings. The van der Waals surface area contributed by atoms with Gasteiger partial charge in [0.15, 0.2) is 0 Å². The molecule has 0 aromatic heterocycles. The maximum absolute atomic E-state index is 11.9. The standard InChI is InChI=1S/C16H31N3O2/c1-11-9-16(3,4)8-7-13(11)17-10-14(20)18-12(2)15(21)19(5)6/h11-13,17H,7-10H2,1-6H3,(H,18,20)/t11-,12+,13+/m1/s1. The minimum atomic E-state index is -0.475. The highest BCUT2D eigenvalue weighted by molar-refractivity contribution is 5.87. The number of hydrogen-bond donors (Lipinski definition) is 2. The van der Waals surface area contributed by atoms with E-state index in [9.17, 15) is 9.59 Å². The molecule has 5 heteroatoms. The molecule has 2 amide bonds. The Morgan fingerprint density at radius 1 is 1.33 bits per heavy atom. The second-order valence-corrected chi connectivity index (χ2v) is 7.39. The number of hydrogen-bond acceptors (Lipinski definition) is 3. The van der Waals surface area contributed by atoms with Crippen molar-refractivity contribution in [2.75, 3.05) is 20.6 Å². The largest absolute Gasteiger partial charge is 0.347 e. The van der Waals surface area contributed by atoms with E-state index in [-0.39, 0.29) is 18.4 Å². The molecule has 0 bridgehead atoms. The van der Waals surface area contributed by atoms with Gasteiger partial charge in [-0.1, -0.05) is 20.8 Å². The Kier molecular flexibility index (Phi) is 6.20. The fourth-order valence-electron chi connectivity index (χ4n) is 3.22. The zero-order chi connectivity index (χ0) is 16.2. The monoisotopic (exact) mass is 297 g/mol. The van der Waals surface area contributed by atoms with Crippen LogP contribution in [-0.4, -0.2) is 49.4 Å². The first-order chi connectivity index (χ1) is 9.62. The molecule has 2 N–H and O–H groups in total. The van der Waals surface area contributed by atoms with E-state index in [1.807, 2.05) is 0 Å². The highest BCUT2D eigenvalue weighted by Gasteiger charge is 2.32. The number of carbonyl (C=O) groups excluding carboxylic acids is 2. The van der Waals surface area contributed by atoms with Crippen LogP contribution in [0.4, 0.5) is 0 Å². The lowest BCUT2D eigenvalue weighted by molar-refractivity contribution is -0.133. The predicted molar refractivity (Wildman–Crippen MR) is 84.9 cm³/mol. The van der Waals surface area contributed by atoms with E-state index in [0.717, 1.165) is 6.42 Å². The smallest absolute Gasteiger partial charge is 0.244 e. The van der Waals surface area contributed by atoms with Crippen LogP contribution < -0.4 is 10.6 Å². The summed E-state index contributed by atoms with van der Waals surface area (Å²) in [6.45, 7) is 8.85. The Balaban J connectivity index is 2.35. The van der Waals surface area contributed by atoms with E-state index in [4.69, 9.17) is 0 Å². The molecule has 122 valence electrons. The normalized spacial score (nSPS) is 26.0. The highest BCUT2D eigenvalue weighted by Crippen LogP contribution is 2.38. The van der Waals surface area contributed by atoms with Crippen molar-refractivity contribution in [3.8, 4) is 0 Å². The quantitative estimate of drug-likeness (QED) is 0.806. The van der Waals surface area contributed by atoms with Crippen LogP contribution in [-0.2, 0) is 9.59 Å². The summed E-state index contributed by atoms with van der Waals surface area (Å²) in [6.07, 6.45) is 3.47. The van der Waals surface area contributed by atoms with Crippen molar-refractivity contribution in [2.45, 2.75) is 59.0 Å². The van der Waals surface area contributed by atoms with Gasteiger partial charge in [-0.15, -0.1) is 0 Å². The maximum Gasteiger partial charge on any atom is 0.244 e. The Bertz CT molecular complexity index is 380. The first-order valence-corrected chi connectivity index (χ1v) is 7.86. The summed E-state index contributed by atoms with van der Waals surface area (Å²) >= 11 is 0. The minimum Gasteiger partial charge on any atom is -0.347 e. The van der Waals surface area contributed by atoms with Crippen LogP contribution in [0.15, 0.2) is 0 Å². The number of nitrogens with zero attached hydrogens (tertiary/aromatic N) is 1. The van der Waals surface area contributed by atoms with Crippen LogP contribution in [0.1, 0.15) is 47.0 Å². The predicted octanol–water partition coefficient (Wildman–Crippen LogP) is 1.38. The van der Waals surface area contributed by atoms with Crippen molar-refractivity contribution in [3.05, 3.63) is 0 Å². The summed E-state index contributed by atoms with van der Waals surface area (Å²) in [5, 5.41) is 6.08. The number of carbonyl (C=O) groups is 2. The first-order valence-electron chi connectivity index (χ1n) is 7.86. The lowest BCUT2D eigenvalue weighted by Crippen LogP contribution is -2.49. The molecule has 1 aliphatic rings. The number of nitrogens with one attached hydrogen (secondary N) is 2. The molecule has 0 aliphatic heterocycles. The van der Waals surface area contributed by atoms with Crippen molar-refractivity contribution >= 4 is 11.8 Å². The average molecular weight is 297 g/mol. The van der Waals surface area contributed by atoms with Gasteiger partial charge in [0.2, 0.25) is 11.8 Å².